The standard InChI is InChI=1S/C10H15N3O2/c1-14-6-9-12-8(11)4-10(13-9)15-5-7-2-3-7/h4,7H,2-3,5-6H2,1H3,(H2,11,12,13). The van der Waals surface area contributed by atoms with Gasteiger partial charge in [-0.3, -0.25) is 0 Å². The average Bonchev–Trinajstić information content (AvgIpc) is 2.98. The number of aromatic nitrogens is 2. The number of hydrogen-bond donors (Lipinski definition) is 1. The van der Waals surface area contributed by atoms with E-state index in [0.717, 1.165) is 6.61 Å². The maximum atomic E-state index is 5.63. The highest BCUT2D eigenvalue weighted by Crippen LogP contribution is 2.29. The van der Waals surface area contributed by atoms with Crippen LogP contribution in [0, 0.1) is 5.92 Å². The van der Waals surface area contributed by atoms with E-state index in [1.54, 1.807) is 13.2 Å². The Morgan fingerprint density at radius 2 is 2.27 bits per heavy atom. The molecular formula is C10H15N3O2. The Bertz CT molecular complexity index is 339. The van der Waals surface area contributed by atoms with Gasteiger partial charge < -0.3 is 15.2 Å². The largest absolute Gasteiger partial charge is 0.477 e. The van der Waals surface area contributed by atoms with Gasteiger partial charge in [0.15, 0.2) is 5.82 Å². The van der Waals surface area contributed by atoms with Gasteiger partial charge in [-0.05, 0) is 18.8 Å². The predicted octanol–water partition coefficient (Wildman–Crippen LogP) is 0.994. The SMILES string of the molecule is COCc1nc(N)cc(OCC2CC2)n1. The number of nitrogen functional groups attached to an aromatic ring is 1. The highest BCUT2D eigenvalue weighted by atomic mass is 16.5. The molecule has 1 aliphatic rings. The molecule has 1 saturated carbocycles. The van der Waals surface area contributed by atoms with E-state index in [9.17, 15) is 0 Å². The first-order valence-corrected chi connectivity index (χ1v) is 5.03. The van der Waals surface area contributed by atoms with Crippen molar-refractivity contribution in [3.05, 3.63) is 11.9 Å². The third-order valence-electron chi connectivity index (χ3n) is 2.21. The molecular weight excluding hydrogens is 194 g/mol. The molecule has 0 radical (unpaired) electrons. The van der Waals surface area contributed by atoms with Crippen molar-refractivity contribution in [3.8, 4) is 5.88 Å². The second-order valence-electron chi connectivity index (χ2n) is 3.73. The third-order valence-corrected chi connectivity index (χ3v) is 2.21. The van der Waals surface area contributed by atoms with Crippen molar-refractivity contribution in [2.75, 3.05) is 19.5 Å². The van der Waals surface area contributed by atoms with Crippen molar-refractivity contribution in [2.45, 2.75) is 19.4 Å². The Morgan fingerprint density at radius 1 is 1.47 bits per heavy atom. The van der Waals surface area contributed by atoms with Gasteiger partial charge in [0.25, 0.3) is 0 Å². The van der Waals surface area contributed by atoms with E-state index >= 15 is 0 Å². The van der Waals surface area contributed by atoms with Crippen molar-refractivity contribution in [3.63, 3.8) is 0 Å². The second-order valence-corrected chi connectivity index (χ2v) is 3.73. The first-order chi connectivity index (χ1) is 7.28. The third kappa shape index (κ3) is 3.06. The molecule has 0 saturated heterocycles. The fourth-order valence-corrected chi connectivity index (χ4v) is 1.25. The fourth-order valence-electron chi connectivity index (χ4n) is 1.25. The average molecular weight is 209 g/mol. The number of methoxy groups -OCH3 is 1. The normalized spacial score (nSPS) is 15.3. The van der Waals surface area contributed by atoms with Gasteiger partial charge in [0.05, 0.1) is 6.61 Å². The maximum Gasteiger partial charge on any atom is 0.218 e. The van der Waals surface area contributed by atoms with Gasteiger partial charge in [0.1, 0.15) is 12.4 Å². The molecule has 1 heterocycles. The molecule has 0 spiro atoms. The van der Waals surface area contributed by atoms with Gasteiger partial charge in [-0.2, -0.15) is 4.98 Å². The summed E-state index contributed by atoms with van der Waals surface area (Å²) < 4.78 is 10.5. The van der Waals surface area contributed by atoms with E-state index in [1.165, 1.54) is 12.8 Å². The highest BCUT2D eigenvalue weighted by molar-refractivity contribution is 5.32. The molecule has 1 aliphatic carbocycles. The molecule has 5 heteroatoms. The molecule has 0 aliphatic heterocycles. The van der Waals surface area contributed by atoms with Crippen molar-refractivity contribution in [2.24, 2.45) is 5.92 Å². The summed E-state index contributed by atoms with van der Waals surface area (Å²) >= 11 is 0. The Kier molecular flexibility index (Phi) is 3.01. The summed E-state index contributed by atoms with van der Waals surface area (Å²) in [5.74, 6) is 2.22. The quantitative estimate of drug-likeness (QED) is 0.783. The number of anilines is 1. The minimum atomic E-state index is 0.352. The van der Waals surface area contributed by atoms with Gasteiger partial charge >= 0.3 is 0 Å². The molecule has 0 atom stereocenters. The van der Waals surface area contributed by atoms with Crippen LogP contribution in [0.4, 0.5) is 5.82 Å². The van der Waals surface area contributed by atoms with Crippen LogP contribution in [-0.4, -0.2) is 23.7 Å². The molecule has 0 bridgehead atoms. The zero-order chi connectivity index (χ0) is 10.7. The van der Waals surface area contributed by atoms with Crippen LogP contribution in [-0.2, 0) is 11.3 Å². The first kappa shape index (κ1) is 10.2. The minimum Gasteiger partial charge on any atom is -0.477 e. The number of hydrogen-bond acceptors (Lipinski definition) is 5. The van der Waals surface area contributed by atoms with E-state index in [2.05, 4.69) is 9.97 Å². The van der Waals surface area contributed by atoms with Crippen LogP contribution in [0.5, 0.6) is 5.88 Å². The van der Waals surface area contributed by atoms with Gasteiger partial charge in [-0.15, -0.1) is 0 Å². The van der Waals surface area contributed by atoms with Crippen LogP contribution in [0.15, 0.2) is 6.07 Å². The summed E-state index contributed by atoms with van der Waals surface area (Å²) in [4.78, 5) is 8.21. The van der Waals surface area contributed by atoms with Crippen molar-refractivity contribution < 1.29 is 9.47 Å². The van der Waals surface area contributed by atoms with Crippen molar-refractivity contribution in [1.29, 1.82) is 0 Å². The van der Waals surface area contributed by atoms with E-state index in [1.807, 2.05) is 0 Å². The molecule has 0 amide bonds. The Labute approximate surface area is 88.6 Å². The number of rotatable bonds is 5. The van der Waals surface area contributed by atoms with Crippen LogP contribution >= 0.6 is 0 Å². The van der Waals surface area contributed by atoms with Crippen molar-refractivity contribution in [1.82, 2.24) is 9.97 Å². The van der Waals surface area contributed by atoms with E-state index in [-0.39, 0.29) is 0 Å². The zero-order valence-electron chi connectivity index (χ0n) is 8.77. The van der Waals surface area contributed by atoms with E-state index in [0.29, 0.717) is 30.0 Å². The fraction of sp³-hybridized carbons (Fsp3) is 0.600. The molecule has 0 unspecified atom stereocenters. The molecule has 82 valence electrons. The van der Waals surface area contributed by atoms with Crippen LogP contribution in [0.25, 0.3) is 0 Å². The topological polar surface area (TPSA) is 70.3 Å². The molecule has 5 nitrogen and oxygen atoms in total. The van der Waals surface area contributed by atoms with Gasteiger partial charge in [0.2, 0.25) is 5.88 Å². The Hall–Kier alpha value is -1.36. The van der Waals surface area contributed by atoms with Crippen LogP contribution < -0.4 is 10.5 Å². The maximum absolute atomic E-state index is 5.63. The van der Waals surface area contributed by atoms with Gasteiger partial charge in [-0.25, -0.2) is 4.98 Å². The van der Waals surface area contributed by atoms with E-state index in [4.69, 9.17) is 15.2 Å². The number of ether oxygens (including phenoxy) is 2. The molecule has 1 aromatic rings. The van der Waals surface area contributed by atoms with Crippen LogP contribution in [0.3, 0.4) is 0 Å². The van der Waals surface area contributed by atoms with Crippen LogP contribution in [0.1, 0.15) is 18.7 Å². The first-order valence-electron chi connectivity index (χ1n) is 5.03. The van der Waals surface area contributed by atoms with Gasteiger partial charge in [0, 0.05) is 13.2 Å². The molecule has 2 rings (SSSR count). The smallest absolute Gasteiger partial charge is 0.218 e. The molecule has 1 fully saturated rings. The summed E-state index contributed by atoms with van der Waals surface area (Å²) in [6, 6.07) is 1.64. The number of nitrogens with zero attached hydrogens (tertiary/aromatic N) is 2. The molecule has 15 heavy (non-hydrogen) atoms. The molecule has 1 aromatic heterocycles. The zero-order valence-corrected chi connectivity index (χ0v) is 8.77. The summed E-state index contributed by atoms with van der Waals surface area (Å²) in [5.41, 5.74) is 5.63. The van der Waals surface area contributed by atoms with Crippen molar-refractivity contribution >= 4 is 5.82 Å². The monoisotopic (exact) mass is 209 g/mol. The summed E-state index contributed by atoms with van der Waals surface area (Å²) in [6.07, 6.45) is 2.51. The highest BCUT2D eigenvalue weighted by Gasteiger charge is 2.22. The summed E-state index contributed by atoms with van der Waals surface area (Å²) in [5, 5.41) is 0. The lowest BCUT2D eigenvalue weighted by atomic mass is 10.4. The molecule has 0 aromatic carbocycles. The minimum absolute atomic E-state index is 0.352. The lowest BCUT2D eigenvalue weighted by molar-refractivity contribution is 0.176. The second kappa shape index (κ2) is 4.44. The summed E-state index contributed by atoms with van der Waals surface area (Å²) in [6.45, 7) is 1.08. The number of nitrogens with two attached hydrogens (primary N) is 1. The van der Waals surface area contributed by atoms with Crippen LogP contribution in [0.2, 0.25) is 0 Å². The summed E-state index contributed by atoms with van der Waals surface area (Å²) in [7, 11) is 1.59. The Balaban J connectivity index is 2.00. The predicted molar refractivity (Wildman–Crippen MR) is 55.4 cm³/mol. The molecule has 2 N–H and O–H groups in total. The van der Waals surface area contributed by atoms with Gasteiger partial charge in [-0.1, -0.05) is 0 Å². The van der Waals surface area contributed by atoms with E-state index < -0.39 is 0 Å². The lowest BCUT2D eigenvalue weighted by Gasteiger charge is -2.06. The lowest BCUT2D eigenvalue weighted by Crippen LogP contribution is -2.06. The Morgan fingerprint density at radius 3 is 2.93 bits per heavy atom.